The molecule has 1 aromatic carbocycles. The Kier molecular flexibility index (Phi) is 4.79. The molecule has 0 radical (unpaired) electrons. The molecule has 0 spiro atoms. The molecule has 2 nitrogen and oxygen atoms in total. The summed E-state index contributed by atoms with van der Waals surface area (Å²) in [6.07, 6.45) is -3.15. The fraction of sp³-hybridized carbons (Fsp3) is 0.538. The van der Waals surface area contributed by atoms with Gasteiger partial charge in [-0.25, -0.2) is 4.39 Å². The van der Waals surface area contributed by atoms with Gasteiger partial charge in [0.25, 0.3) is 0 Å². The smallest absolute Gasteiger partial charge is 0.381 e. The first-order valence-corrected chi connectivity index (χ1v) is 6.11. The molecule has 0 aromatic heterocycles. The minimum atomic E-state index is -4.54. The Hall–Kier alpha value is -1.30. The van der Waals surface area contributed by atoms with Gasteiger partial charge in [0.15, 0.2) is 0 Å². The number of halogens is 4. The summed E-state index contributed by atoms with van der Waals surface area (Å²) in [6.45, 7) is 4.13. The Morgan fingerprint density at radius 2 is 1.74 bits per heavy atom. The van der Waals surface area contributed by atoms with Crippen LogP contribution in [-0.2, 0) is 6.18 Å². The van der Waals surface area contributed by atoms with Crippen LogP contribution in [0.25, 0.3) is 0 Å². The topological polar surface area (TPSA) is 38.0 Å². The van der Waals surface area contributed by atoms with Gasteiger partial charge in [-0.3, -0.25) is 0 Å². The lowest BCUT2D eigenvalue weighted by atomic mass is 9.94. The Morgan fingerprint density at radius 1 is 1.16 bits per heavy atom. The molecular formula is C13H18F4N2. The van der Waals surface area contributed by atoms with Gasteiger partial charge >= 0.3 is 6.18 Å². The Labute approximate surface area is 110 Å². The first kappa shape index (κ1) is 15.8. The summed E-state index contributed by atoms with van der Waals surface area (Å²) in [5.74, 6) is -0.926. The minimum Gasteiger partial charge on any atom is -0.381 e. The zero-order valence-electron chi connectivity index (χ0n) is 10.9. The number of anilines is 1. The van der Waals surface area contributed by atoms with Crippen LogP contribution in [0.3, 0.4) is 0 Å². The van der Waals surface area contributed by atoms with Gasteiger partial charge < -0.3 is 11.1 Å². The highest BCUT2D eigenvalue weighted by atomic mass is 19.4. The first-order chi connectivity index (χ1) is 8.72. The fourth-order valence-electron chi connectivity index (χ4n) is 1.61. The van der Waals surface area contributed by atoms with Crippen LogP contribution in [0.5, 0.6) is 0 Å². The maximum Gasteiger partial charge on any atom is 0.416 e. The summed E-state index contributed by atoms with van der Waals surface area (Å²) in [5.41, 5.74) is 4.57. The highest BCUT2D eigenvalue weighted by molar-refractivity contribution is 5.47. The average molecular weight is 278 g/mol. The van der Waals surface area contributed by atoms with Gasteiger partial charge in [0.05, 0.1) is 11.3 Å². The summed E-state index contributed by atoms with van der Waals surface area (Å²) in [7, 11) is 0. The van der Waals surface area contributed by atoms with Crippen LogP contribution in [0.15, 0.2) is 18.2 Å². The maximum absolute atomic E-state index is 13.6. The van der Waals surface area contributed by atoms with Crippen molar-refractivity contribution in [3.63, 3.8) is 0 Å². The summed E-state index contributed by atoms with van der Waals surface area (Å²) in [6, 6.07) is 2.42. The van der Waals surface area contributed by atoms with E-state index in [0.717, 1.165) is 12.1 Å². The van der Waals surface area contributed by atoms with Gasteiger partial charge in [0.2, 0.25) is 0 Å². The zero-order valence-corrected chi connectivity index (χ0v) is 10.9. The third-order valence-electron chi connectivity index (χ3n) is 3.34. The molecule has 0 aliphatic carbocycles. The maximum atomic E-state index is 13.6. The third kappa shape index (κ3) is 4.09. The predicted molar refractivity (Wildman–Crippen MR) is 67.4 cm³/mol. The minimum absolute atomic E-state index is 0.0322. The first-order valence-electron chi connectivity index (χ1n) is 6.11. The van der Waals surface area contributed by atoms with E-state index in [1.807, 2.05) is 13.8 Å². The molecule has 0 amide bonds. The Morgan fingerprint density at radius 3 is 2.16 bits per heavy atom. The largest absolute Gasteiger partial charge is 0.416 e. The Bertz CT molecular complexity index is 425. The number of rotatable bonds is 5. The summed E-state index contributed by atoms with van der Waals surface area (Å²) >= 11 is 0. The molecule has 0 unspecified atom stereocenters. The standard InChI is InChI=1S/C13H18F4N2/c1-3-12(18,4-2)8-19-11-6-5-9(7-10(11)14)13(15,16)17/h5-7,19H,3-4,8,18H2,1-2H3. The van der Waals surface area contributed by atoms with E-state index in [1.165, 1.54) is 0 Å². The molecule has 6 heteroatoms. The van der Waals surface area contributed by atoms with Gasteiger partial charge in [-0.2, -0.15) is 13.2 Å². The van der Waals surface area contributed by atoms with Gasteiger partial charge in [0, 0.05) is 12.1 Å². The number of alkyl halides is 3. The number of nitrogens with one attached hydrogen (secondary N) is 1. The molecule has 0 bridgehead atoms. The van der Waals surface area contributed by atoms with Crippen LogP contribution in [0.2, 0.25) is 0 Å². The van der Waals surface area contributed by atoms with Crippen molar-refractivity contribution < 1.29 is 17.6 Å². The normalized spacial score (nSPS) is 12.6. The van der Waals surface area contributed by atoms with Crippen LogP contribution in [0, 0.1) is 5.82 Å². The highest BCUT2D eigenvalue weighted by Gasteiger charge is 2.31. The number of benzene rings is 1. The molecule has 108 valence electrons. The molecule has 0 fully saturated rings. The highest BCUT2D eigenvalue weighted by Crippen LogP contribution is 2.31. The summed E-state index contributed by atoms with van der Waals surface area (Å²) in [5, 5.41) is 2.77. The molecule has 1 rings (SSSR count). The zero-order chi connectivity index (χ0) is 14.7. The molecule has 0 heterocycles. The van der Waals surface area contributed by atoms with Crippen LogP contribution in [0.4, 0.5) is 23.2 Å². The van der Waals surface area contributed by atoms with E-state index in [1.54, 1.807) is 0 Å². The van der Waals surface area contributed by atoms with Crippen molar-refractivity contribution >= 4 is 5.69 Å². The van der Waals surface area contributed by atoms with Crippen molar-refractivity contribution in [2.24, 2.45) is 5.73 Å². The lowest BCUT2D eigenvalue weighted by Gasteiger charge is -2.27. The van der Waals surface area contributed by atoms with Gasteiger partial charge in [-0.05, 0) is 31.0 Å². The number of nitrogens with two attached hydrogens (primary N) is 1. The molecule has 3 N–H and O–H groups in total. The lowest BCUT2D eigenvalue weighted by Crippen LogP contribution is -2.45. The monoisotopic (exact) mass is 278 g/mol. The van der Waals surface area contributed by atoms with E-state index in [4.69, 9.17) is 5.73 Å². The Balaban J connectivity index is 2.82. The van der Waals surface area contributed by atoms with Crippen molar-refractivity contribution in [1.29, 1.82) is 0 Å². The SMILES string of the molecule is CCC(N)(CC)CNc1ccc(C(F)(F)F)cc1F. The number of hydrogen-bond acceptors (Lipinski definition) is 2. The average Bonchev–Trinajstić information content (AvgIpc) is 2.35. The molecular weight excluding hydrogens is 260 g/mol. The van der Waals surface area contributed by atoms with Crippen molar-refractivity contribution in [1.82, 2.24) is 0 Å². The van der Waals surface area contributed by atoms with Crippen LogP contribution in [-0.4, -0.2) is 12.1 Å². The van der Waals surface area contributed by atoms with Gasteiger partial charge in [0.1, 0.15) is 5.82 Å². The van der Waals surface area contributed by atoms with Crippen molar-refractivity contribution in [3.8, 4) is 0 Å². The van der Waals surface area contributed by atoms with Crippen molar-refractivity contribution in [2.75, 3.05) is 11.9 Å². The number of hydrogen-bond donors (Lipinski definition) is 2. The van der Waals surface area contributed by atoms with E-state index in [0.29, 0.717) is 25.5 Å². The summed E-state index contributed by atoms with van der Waals surface area (Å²) in [4.78, 5) is 0. The van der Waals surface area contributed by atoms with E-state index >= 15 is 0 Å². The molecule has 0 saturated carbocycles. The molecule has 0 aliphatic rings. The second kappa shape index (κ2) is 5.77. The van der Waals surface area contributed by atoms with E-state index < -0.39 is 23.1 Å². The molecule has 0 saturated heterocycles. The van der Waals surface area contributed by atoms with Crippen LogP contribution in [0.1, 0.15) is 32.3 Å². The predicted octanol–water partition coefficient (Wildman–Crippen LogP) is 3.77. The van der Waals surface area contributed by atoms with Crippen molar-refractivity contribution in [2.45, 2.75) is 38.4 Å². The quantitative estimate of drug-likeness (QED) is 0.804. The van der Waals surface area contributed by atoms with Crippen molar-refractivity contribution in [3.05, 3.63) is 29.6 Å². The molecule has 19 heavy (non-hydrogen) atoms. The fourth-order valence-corrected chi connectivity index (χ4v) is 1.61. The van der Waals surface area contributed by atoms with E-state index in [2.05, 4.69) is 5.32 Å². The lowest BCUT2D eigenvalue weighted by molar-refractivity contribution is -0.137. The van der Waals surface area contributed by atoms with E-state index in [-0.39, 0.29) is 5.69 Å². The van der Waals surface area contributed by atoms with Crippen LogP contribution < -0.4 is 11.1 Å². The van der Waals surface area contributed by atoms with E-state index in [9.17, 15) is 17.6 Å². The summed E-state index contributed by atoms with van der Waals surface area (Å²) < 4.78 is 50.7. The van der Waals surface area contributed by atoms with Crippen LogP contribution >= 0.6 is 0 Å². The van der Waals surface area contributed by atoms with Gasteiger partial charge in [-0.15, -0.1) is 0 Å². The van der Waals surface area contributed by atoms with Gasteiger partial charge in [-0.1, -0.05) is 13.8 Å². The second-order valence-corrected chi connectivity index (χ2v) is 4.62. The molecule has 0 atom stereocenters. The second-order valence-electron chi connectivity index (χ2n) is 4.62. The molecule has 1 aromatic rings. The third-order valence-corrected chi connectivity index (χ3v) is 3.34. The molecule has 0 aliphatic heterocycles.